The van der Waals surface area contributed by atoms with E-state index < -0.39 is 21.4 Å². The van der Waals surface area contributed by atoms with Crippen molar-refractivity contribution in [2.75, 3.05) is 19.7 Å². The highest BCUT2D eigenvalue weighted by Gasteiger charge is 2.35. The lowest BCUT2D eigenvalue weighted by Gasteiger charge is -2.37. The van der Waals surface area contributed by atoms with Crippen LogP contribution in [0, 0.1) is 12.7 Å². The van der Waals surface area contributed by atoms with E-state index in [1.807, 2.05) is 13.8 Å². The maximum atomic E-state index is 13.8. The van der Waals surface area contributed by atoms with Crippen LogP contribution in [0.15, 0.2) is 17.0 Å². The molecule has 0 bridgehead atoms. The molecule has 1 aliphatic heterocycles. The number of hydrogen-bond donors (Lipinski definition) is 1. The van der Waals surface area contributed by atoms with Crippen LogP contribution in [-0.2, 0) is 21.3 Å². The van der Waals surface area contributed by atoms with Gasteiger partial charge in [-0.3, -0.25) is 0 Å². The molecule has 1 aromatic carbocycles. The summed E-state index contributed by atoms with van der Waals surface area (Å²) >= 11 is 0. The van der Waals surface area contributed by atoms with Gasteiger partial charge in [-0.15, -0.1) is 0 Å². The molecule has 0 spiro atoms. The van der Waals surface area contributed by atoms with E-state index in [9.17, 15) is 12.8 Å². The SMILES string of the molecule is Cc1cc(S(=O)(=O)N2CCOC(C)(C)C2)cc(CN)c1F. The van der Waals surface area contributed by atoms with E-state index in [2.05, 4.69) is 0 Å². The minimum absolute atomic E-state index is 0.0371. The molecule has 2 rings (SSSR count). The number of rotatable bonds is 3. The molecule has 0 saturated carbocycles. The van der Waals surface area contributed by atoms with Crippen LogP contribution in [0.1, 0.15) is 25.0 Å². The van der Waals surface area contributed by atoms with E-state index in [1.165, 1.54) is 23.4 Å². The number of morpholine rings is 1. The summed E-state index contributed by atoms with van der Waals surface area (Å²) in [7, 11) is -3.67. The van der Waals surface area contributed by atoms with Gasteiger partial charge in [-0.1, -0.05) is 0 Å². The van der Waals surface area contributed by atoms with E-state index in [0.29, 0.717) is 13.2 Å². The molecule has 0 aliphatic carbocycles. The van der Waals surface area contributed by atoms with Crippen LogP contribution in [-0.4, -0.2) is 38.0 Å². The number of nitrogens with two attached hydrogens (primary N) is 1. The molecule has 0 aromatic heterocycles. The Hall–Kier alpha value is -1.02. The number of halogens is 1. The van der Waals surface area contributed by atoms with Crippen molar-refractivity contribution in [3.05, 3.63) is 29.1 Å². The third-order valence-electron chi connectivity index (χ3n) is 3.55. The summed E-state index contributed by atoms with van der Waals surface area (Å²) in [5, 5.41) is 0. The molecule has 1 heterocycles. The predicted octanol–water partition coefficient (Wildman–Crippen LogP) is 1.39. The zero-order valence-electron chi connectivity index (χ0n) is 12.5. The summed E-state index contributed by atoms with van der Waals surface area (Å²) in [5.74, 6) is -0.446. The predicted molar refractivity (Wildman–Crippen MR) is 77.8 cm³/mol. The maximum absolute atomic E-state index is 13.8. The van der Waals surface area contributed by atoms with Crippen molar-refractivity contribution in [2.45, 2.75) is 37.8 Å². The van der Waals surface area contributed by atoms with E-state index in [1.54, 1.807) is 0 Å². The minimum atomic E-state index is -3.67. The lowest BCUT2D eigenvalue weighted by atomic mass is 10.1. The number of nitrogens with zero attached hydrogens (tertiary/aromatic N) is 1. The van der Waals surface area contributed by atoms with Crippen molar-refractivity contribution in [3.8, 4) is 0 Å². The van der Waals surface area contributed by atoms with E-state index >= 15 is 0 Å². The average Bonchev–Trinajstić information content (AvgIpc) is 2.40. The summed E-state index contributed by atoms with van der Waals surface area (Å²) in [6, 6.07) is 2.67. The highest BCUT2D eigenvalue weighted by atomic mass is 32.2. The highest BCUT2D eigenvalue weighted by Crippen LogP contribution is 2.26. The van der Waals surface area contributed by atoms with Gasteiger partial charge in [0.15, 0.2) is 0 Å². The monoisotopic (exact) mass is 316 g/mol. The van der Waals surface area contributed by atoms with Gasteiger partial charge in [0.1, 0.15) is 5.82 Å². The molecule has 1 fully saturated rings. The van der Waals surface area contributed by atoms with Crippen LogP contribution in [0.25, 0.3) is 0 Å². The first-order valence-corrected chi connectivity index (χ1v) is 8.24. The Balaban J connectivity index is 2.42. The normalized spacial score (nSPS) is 19.7. The van der Waals surface area contributed by atoms with Crippen LogP contribution in [0.3, 0.4) is 0 Å². The molecule has 0 radical (unpaired) electrons. The Morgan fingerprint density at radius 3 is 2.67 bits per heavy atom. The number of aryl methyl sites for hydroxylation is 1. The smallest absolute Gasteiger partial charge is 0.243 e. The molecule has 5 nitrogen and oxygen atoms in total. The molecule has 7 heteroatoms. The van der Waals surface area contributed by atoms with E-state index in [4.69, 9.17) is 10.5 Å². The summed E-state index contributed by atoms with van der Waals surface area (Å²) in [6.45, 7) is 6.09. The summed E-state index contributed by atoms with van der Waals surface area (Å²) in [6.07, 6.45) is 0. The molecule has 2 N–H and O–H groups in total. The fourth-order valence-electron chi connectivity index (χ4n) is 2.43. The van der Waals surface area contributed by atoms with Gasteiger partial charge in [0.25, 0.3) is 0 Å². The second kappa shape index (κ2) is 5.64. The Morgan fingerprint density at radius 1 is 1.43 bits per heavy atom. The lowest BCUT2D eigenvalue weighted by molar-refractivity contribution is -0.0640. The zero-order valence-corrected chi connectivity index (χ0v) is 13.3. The first-order chi connectivity index (χ1) is 9.67. The van der Waals surface area contributed by atoms with Gasteiger partial charge in [-0.05, 0) is 38.5 Å². The number of sulfonamides is 1. The fourth-order valence-corrected chi connectivity index (χ4v) is 4.14. The first-order valence-electron chi connectivity index (χ1n) is 6.80. The average molecular weight is 316 g/mol. The van der Waals surface area contributed by atoms with Gasteiger partial charge in [0, 0.05) is 25.2 Å². The van der Waals surface area contributed by atoms with Gasteiger partial charge in [-0.2, -0.15) is 4.31 Å². The third-order valence-corrected chi connectivity index (χ3v) is 5.37. The first kappa shape index (κ1) is 16.4. The fraction of sp³-hybridized carbons (Fsp3) is 0.571. The second-order valence-corrected chi connectivity index (χ2v) is 7.80. The zero-order chi connectivity index (χ0) is 15.8. The maximum Gasteiger partial charge on any atom is 0.243 e. The molecule has 118 valence electrons. The van der Waals surface area contributed by atoms with Crippen LogP contribution in [0.5, 0.6) is 0 Å². The Bertz CT molecular complexity index is 644. The molecule has 1 aromatic rings. The number of ether oxygens (including phenoxy) is 1. The summed E-state index contributed by atoms with van der Waals surface area (Å²) in [4.78, 5) is 0.0829. The van der Waals surface area contributed by atoms with Crippen LogP contribution in [0.2, 0.25) is 0 Å². The largest absolute Gasteiger partial charge is 0.373 e. The van der Waals surface area contributed by atoms with Crippen molar-refractivity contribution < 1.29 is 17.5 Å². The molecule has 1 aliphatic rings. The van der Waals surface area contributed by atoms with Crippen LogP contribution >= 0.6 is 0 Å². The van der Waals surface area contributed by atoms with Crippen molar-refractivity contribution in [1.29, 1.82) is 0 Å². The van der Waals surface area contributed by atoms with Gasteiger partial charge in [-0.25, -0.2) is 12.8 Å². The molecule has 21 heavy (non-hydrogen) atoms. The van der Waals surface area contributed by atoms with Crippen LogP contribution < -0.4 is 5.73 Å². The van der Waals surface area contributed by atoms with Crippen molar-refractivity contribution in [2.24, 2.45) is 5.73 Å². The molecular weight excluding hydrogens is 295 g/mol. The molecule has 0 atom stereocenters. The highest BCUT2D eigenvalue weighted by molar-refractivity contribution is 7.89. The van der Waals surface area contributed by atoms with E-state index in [0.717, 1.165) is 0 Å². The Kier molecular flexibility index (Phi) is 4.39. The lowest BCUT2D eigenvalue weighted by Crippen LogP contribution is -2.50. The van der Waals surface area contributed by atoms with Gasteiger partial charge >= 0.3 is 0 Å². The van der Waals surface area contributed by atoms with Crippen molar-refractivity contribution in [1.82, 2.24) is 4.31 Å². The Morgan fingerprint density at radius 2 is 2.10 bits per heavy atom. The van der Waals surface area contributed by atoms with Crippen molar-refractivity contribution >= 4 is 10.0 Å². The standard InChI is InChI=1S/C14H21FN2O3S/c1-10-6-12(7-11(8-16)13(10)15)21(18,19)17-4-5-20-14(2,3)9-17/h6-7H,4-5,8-9,16H2,1-3H3. The van der Waals surface area contributed by atoms with Gasteiger partial charge < -0.3 is 10.5 Å². The molecule has 1 saturated heterocycles. The summed E-state index contributed by atoms with van der Waals surface area (Å²) < 4.78 is 46.2. The van der Waals surface area contributed by atoms with Crippen LogP contribution in [0.4, 0.5) is 4.39 Å². The second-order valence-electron chi connectivity index (χ2n) is 5.86. The number of hydrogen-bond acceptors (Lipinski definition) is 4. The quantitative estimate of drug-likeness (QED) is 0.915. The van der Waals surface area contributed by atoms with Crippen molar-refractivity contribution in [3.63, 3.8) is 0 Å². The third kappa shape index (κ3) is 3.26. The van der Waals surface area contributed by atoms with Gasteiger partial charge in [0.05, 0.1) is 17.1 Å². The van der Waals surface area contributed by atoms with E-state index in [-0.39, 0.29) is 29.1 Å². The topological polar surface area (TPSA) is 72.6 Å². The van der Waals surface area contributed by atoms with Gasteiger partial charge in [0.2, 0.25) is 10.0 Å². The Labute approximate surface area is 124 Å². The number of benzene rings is 1. The molecular formula is C14H21FN2O3S. The molecule has 0 amide bonds. The molecule has 0 unspecified atom stereocenters. The minimum Gasteiger partial charge on any atom is -0.373 e. The summed E-state index contributed by atoms with van der Waals surface area (Å²) in [5.41, 5.74) is 5.45.